The fraction of sp³-hybridized carbons (Fsp3) is 1.00. The molecule has 0 aromatic carbocycles. The number of piperidine rings is 1. The van der Waals surface area contributed by atoms with Gasteiger partial charge in [-0.25, -0.2) is 0 Å². The topological polar surface area (TPSA) is 27.7 Å². The molecule has 0 amide bonds. The Balaban J connectivity index is 1.55. The minimum Gasteiger partial charge on any atom is -0.377 e. The van der Waals surface area contributed by atoms with E-state index >= 15 is 0 Å². The Kier molecular flexibility index (Phi) is 6.07. The minimum atomic E-state index is -4.08. The molecule has 2 fully saturated rings. The molecule has 118 valence electrons. The van der Waals surface area contributed by atoms with Crippen molar-refractivity contribution in [2.24, 2.45) is 0 Å². The normalized spacial score (nSPS) is 24.1. The molecule has 7 heteroatoms. The van der Waals surface area contributed by atoms with Crippen LogP contribution in [-0.4, -0.2) is 81.0 Å². The Hall–Kier alpha value is -0.370. The largest absolute Gasteiger partial charge is 0.401 e. The standard InChI is InChI=1S/C13H24F3N3O/c14-13(15,16)11-19-7-5-18(6-8-19)9-10-20-12-1-3-17-4-2-12/h12,17H,1-11H2. The van der Waals surface area contributed by atoms with Gasteiger partial charge in [0.1, 0.15) is 0 Å². The van der Waals surface area contributed by atoms with Crippen molar-refractivity contribution in [1.82, 2.24) is 15.1 Å². The molecule has 20 heavy (non-hydrogen) atoms. The van der Waals surface area contributed by atoms with Crippen molar-refractivity contribution in [3.63, 3.8) is 0 Å². The zero-order valence-electron chi connectivity index (χ0n) is 11.8. The Labute approximate surface area is 118 Å². The van der Waals surface area contributed by atoms with Gasteiger partial charge in [0.05, 0.1) is 19.3 Å². The van der Waals surface area contributed by atoms with Crippen molar-refractivity contribution in [2.75, 3.05) is 59.0 Å². The molecule has 0 bridgehead atoms. The van der Waals surface area contributed by atoms with Gasteiger partial charge >= 0.3 is 6.18 Å². The fourth-order valence-corrected chi connectivity index (χ4v) is 2.74. The van der Waals surface area contributed by atoms with Crippen LogP contribution in [-0.2, 0) is 4.74 Å². The minimum absolute atomic E-state index is 0.350. The van der Waals surface area contributed by atoms with Gasteiger partial charge in [-0.05, 0) is 25.9 Å². The quantitative estimate of drug-likeness (QED) is 0.817. The van der Waals surface area contributed by atoms with E-state index in [1.54, 1.807) is 0 Å². The molecular weight excluding hydrogens is 271 g/mol. The van der Waals surface area contributed by atoms with Gasteiger partial charge in [-0.3, -0.25) is 9.80 Å². The van der Waals surface area contributed by atoms with Crippen LogP contribution in [0.5, 0.6) is 0 Å². The van der Waals surface area contributed by atoms with E-state index < -0.39 is 12.7 Å². The lowest BCUT2D eigenvalue weighted by molar-refractivity contribution is -0.149. The van der Waals surface area contributed by atoms with Crippen molar-refractivity contribution in [2.45, 2.75) is 25.1 Å². The second-order valence-electron chi connectivity index (χ2n) is 5.55. The van der Waals surface area contributed by atoms with Crippen LogP contribution in [0, 0.1) is 0 Å². The van der Waals surface area contributed by atoms with Crippen LogP contribution in [0.1, 0.15) is 12.8 Å². The van der Waals surface area contributed by atoms with E-state index in [1.807, 2.05) is 0 Å². The zero-order valence-corrected chi connectivity index (χ0v) is 11.8. The van der Waals surface area contributed by atoms with Crippen molar-refractivity contribution in [3.8, 4) is 0 Å². The van der Waals surface area contributed by atoms with Gasteiger partial charge in [-0.2, -0.15) is 13.2 Å². The molecule has 1 N–H and O–H groups in total. The molecule has 2 saturated heterocycles. The summed E-state index contributed by atoms with van der Waals surface area (Å²) in [6.45, 7) is 5.14. The molecule has 0 radical (unpaired) electrons. The predicted molar refractivity (Wildman–Crippen MR) is 70.8 cm³/mol. The number of alkyl halides is 3. The Morgan fingerprint density at radius 2 is 1.60 bits per heavy atom. The molecule has 2 aliphatic heterocycles. The highest BCUT2D eigenvalue weighted by Gasteiger charge is 2.32. The number of nitrogens with one attached hydrogen (secondary N) is 1. The third-order valence-electron chi connectivity index (χ3n) is 3.92. The van der Waals surface area contributed by atoms with Gasteiger partial charge in [-0.1, -0.05) is 0 Å². The van der Waals surface area contributed by atoms with Gasteiger partial charge in [0.15, 0.2) is 0 Å². The lowest BCUT2D eigenvalue weighted by Crippen LogP contribution is -2.50. The lowest BCUT2D eigenvalue weighted by Gasteiger charge is -2.35. The molecule has 0 spiro atoms. The molecule has 0 aromatic rings. The smallest absolute Gasteiger partial charge is 0.377 e. The van der Waals surface area contributed by atoms with Crippen LogP contribution in [0.3, 0.4) is 0 Å². The summed E-state index contributed by atoms with van der Waals surface area (Å²) in [5, 5.41) is 3.29. The predicted octanol–water partition coefficient (Wildman–Crippen LogP) is 0.935. The maximum Gasteiger partial charge on any atom is 0.401 e. The summed E-state index contributed by atoms with van der Waals surface area (Å²) in [6, 6.07) is 0. The Bertz CT molecular complexity index is 275. The SMILES string of the molecule is FC(F)(F)CN1CCN(CCOC2CCNCC2)CC1. The van der Waals surface area contributed by atoms with Crippen LogP contribution < -0.4 is 5.32 Å². The van der Waals surface area contributed by atoms with Crippen molar-refractivity contribution in [3.05, 3.63) is 0 Å². The van der Waals surface area contributed by atoms with Gasteiger partial charge < -0.3 is 10.1 Å². The molecule has 4 nitrogen and oxygen atoms in total. The fourth-order valence-electron chi connectivity index (χ4n) is 2.74. The molecular formula is C13H24F3N3O. The molecule has 0 aliphatic carbocycles. The van der Waals surface area contributed by atoms with Gasteiger partial charge in [0, 0.05) is 32.7 Å². The first kappa shape index (κ1) is 16.0. The highest BCUT2D eigenvalue weighted by molar-refractivity contribution is 4.74. The number of hydrogen-bond acceptors (Lipinski definition) is 4. The molecule has 2 aliphatic rings. The zero-order chi connectivity index (χ0) is 14.4. The van der Waals surface area contributed by atoms with E-state index in [1.165, 1.54) is 4.90 Å². The maximum absolute atomic E-state index is 12.3. The second kappa shape index (κ2) is 7.59. The first-order chi connectivity index (χ1) is 9.53. The Morgan fingerprint density at radius 1 is 1.00 bits per heavy atom. The van der Waals surface area contributed by atoms with E-state index in [0.717, 1.165) is 32.5 Å². The molecule has 0 atom stereocenters. The highest BCUT2D eigenvalue weighted by atomic mass is 19.4. The van der Waals surface area contributed by atoms with E-state index in [9.17, 15) is 13.2 Å². The summed E-state index contributed by atoms with van der Waals surface area (Å²) in [4.78, 5) is 3.66. The molecule has 0 unspecified atom stereocenters. The third-order valence-corrected chi connectivity index (χ3v) is 3.92. The number of halogens is 3. The van der Waals surface area contributed by atoms with Crippen LogP contribution in [0.25, 0.3) is 0 Å². The lowest BCUT2D eigenvalue weighted by atomic mass is 10.1. The molecule has 0 saturated carbocycles. The summed E-state index contributed by atoms with van der Waals surface area (Å²) in [7, 11) is 0. The number of hydrogen-bond donors (Lipinski definition) is 1. The van der Waals surface area contributed by atoms with E-state index in [0.29, 0.717) is 38.9 Å². The van der Waals surface area contributed by atoms with E-state index in [4.69, 9.17) is 4.74 Å². The summed E-state index contributed by atoms with van der Waals surface area (Å²) >= 11 is 0. The van der Waals surface area contributed by atoms with Crippen molar-refractivity contribution >= 4 is 0 Å². The summed E-state index contributed by atoms with van der Waals surface area (Å²) in [6.07, 6.45) is -1.62. The Morgan fingerprint density at radius 3 is 2.20 bits per heavy atom. The number of rotatable bonds is 5. The van der Waals surface area contributed by atoms with Gasteiger partial charge in [-0.15, -0.1) is 0 Å². The first-order valence-electron chi connectivity index (χ1n) is 7.37. The van der Waals surface area contributed by atoms with Crippen molar-refractivity contribution < 1.29 is 17.9 Å². The first-order valence-corrected chi connectivity index (χ1v) is 7.37. The molecule has 2 rings (SSSR count). The maximum atomic E-state index is 12.3. The summed E-state index contributed by atoms with van der Waals surface area (Å²) in [5.41, 5.74) is 0. The monoisotopic (exact) mass is 295 g/mol. The van der Waals surface area contributed by atoms with Crippen molar-refractivity contribution in [1.29, 1.82) is 0 Å². The third kappa shape index (κ3) is 5.95. The highest BCUT2D eigenvalue weighted by Crippen LogP contribution is 2.17. The summed E-state index contributed by atoms with van der Waals surface area (Å²) < 4.78 is 42.6. The number of piperazine rings is 1. The van der Waals surface area contributed by atoms with Crippen LogP contribution >= 0.6 is 0 Å². The number of ether oxygens (including phenoxy) is 1. The average molecular weight is 295 g/mol. The molecule has 0 aromatic heterocycles. The average Bonchev–Trinajstić information content (AvgIpc) is 2.40. The van der Waals surface area contributed by atoms with E-state index in [-0.39, 0.29) is 0 Å². The molecule has 2 heterocycles. The van der Waals surface area contributed by atoms with Gasteiger partial charge in [0.25, 0.3) is 0 Å². The van der Waals surface area contributed by atoms with Crippen LogP contribution in [0.2, 0.25) is 0 Å². The van der Waals surface area contributed by atoms with Crippen LogP contribution in [0.4, 0.5) is 13.2 Å². The number of nitrogens with zero attached hydrogens (tertiary/aromatic N) is 2. The second-order valence-corrected chi connectivity index (χ2v) is 5.55. The van der Waals surface area contributed by atoms with E-state index in [2.05, 4.69) is 10.2 Å². The summed E-state index contributed by atoms with van der Waals surface area (Å²) in [5.74, 6) is 0. The van der Waals surface area contributed by atoms with Gasteiger partial charge in [0.2, 0.25) is 0 Å². The van der Waals surface area contributed by atoms with Crippen LogP contribution in [0.15, 0.2) is 0 Å².